The number of carboxylic acid groups (broad SMARTS) is 2. The van der Waals surface area contributed by atoms with Crippen LogP contribution in [0.3, 0.4) is 0 Å². The van der Waals surface area contributed by atoms with Crippen LogP contribution in [0.5, 0.6) is 11.5 Å². The number of aromatic carboxylic acids is 2. The number of phenols is 2. The minimum absolute atomic E-state index is 0.0720. The van der Waals surface area contributed by atoms with E-state index in [0.29, 0.717) is 0 Å². The van der Waals surface area contributed by atoms with Gasteiger partial charge >= 0.3 is 11.9 Å². The van der Waals surface area contributed by atoms with E-state index in [2.05, 4.69) is 20.5 Å². The van der Waals surface area contributed by atoms with E-state index in [1.807, 2.05) is 0 Å². The van der Waals surface area contributed by atoms with E-state index < -0.39 is 64.5 Å². The van der Waals surface area contributed by atoms with Gasteiger partial charge in [0.2, 0.25) is 0 Å². The van der Waals surface area contributed by atoms with Crippen molar-refractivity contribution in [2.24, 2.45) is 20.5 Å². The van der Waals surface area contributed by atoms with E-state index >= 15 is 0 Å². The van der Waals surface area contributed by atoms with Crippen molar-refractivity contribution in [3.05, 3.63) is 96.1 Å². The molecule has 6 aromatic carbocycles. The SMILES string of the molecule is Nc1cc(N=Nc2ccc(-c3ccc(N=Nc4cc(S(=O)(=O)O)c5cccc(O)c5c4N)c(C(=O)O)c3)cc2C(=O)O)c(S(=O)(=O)O)c2cccc(O)c12. The number of azo groups is 2. The number of phenolic OH excluding ortho intramolecular Hbond substituents is 2. The number of nitrogens with two attached hydrogens (primary N) is 2. The summed E-state index contributed by atoms with van der Waals surface area (Å²) >= 11 is 0. The number of hydrogen-bond acceptors (Lipinski definition) is 14. The molecule has 20 heteroatoms. The molecule has 0 saturated carbocycles. The van der Waals surface area contributed by atoms with Crippen LogP contribution in [0.15, 0.2) is 115 Å². The topological polar surface area (TPSA) is 325 Å². The van der Waals surface area contributed by atoms with Gasteiger partial charge in [0.1, 0.15) is 44.0 Å². The van der Waals surface area contributed by atoms with Gasteiger partial charge in [-0.05, 0) is 59.7 Å². The third-order valence-corrected chi connectivity index (χ3v) is 9.91. The molecule has 274 valence electrons. The van der Waals surface area contributed by atoms with Gasteiger partial charge in [-0.15, -0.1) is 20.5 Å². The number of rotatable bonds is 9. The van der Waals surface area contributed by atoms with Crippen molar-refractivity contribution in [3.63, 3.8) is 0 Å². The van der Waals surface area contributed by atoms with E-state index in [1.54, 1.807) is 0 Å². The lowest BCUT2D eigenvalue weighted by atomic mass is 9.99. The van der Waals surface area contributed by atoms with Crippen molar-refractivity contribution in [2.75, 3.05) is 11.5 Å². The van der Waals surface area contributed by atoms with Crippen molar-refractivity contribution in [3.8, 4) is 22.6 Å². The fourth-order valence-corrected chi connectivity index (χ4v) is 7.22. The zero-order valence-electron chi connectivity index (χ0n) is 27.0. The zero-order valence-corrected chi connectivity index (χ0v) is 28.6. The minimum atomic E-state index is -4.97. The molecule has 0 radical (unpaired) electrons. The number of nitrogens with zero attached hydrogens (tertiary/aromatic N) is 4. The Morgan fingerprint density at radius 2 is 1.04 bits per heavy atom. The van der Waals surface area contributed by atoms with E-state index in [9.17, 15) is 56.0 Å². The number of benzene rings is 6. The van der Waals surface area contributed by atoms with Crippen LogP contribution in [0.1, 0.15) is 20.7 Å². The molecule has 0 spiro atoms. The maximum atomic E-state index is 12.4. The number of aromatic hydroxyl groups is 2. The summed E-state index contributed by atoms with van der Waals surface area (Å²) in [6.07, 6.45) is 0. The quantitative estimate of drug-likeness (QED) is 0.0418. The van der Waals surface area contributed by atoms with Crippen LogP contribution in [-0.4, -0.2) is 58.3 Å². The highest BCUT2D eigenvalue weighted by atomic mass is 32.2. The molecule has 0 amide bonds. The molecule has 0 aliphatic heterocycles. The summed E-state index contributed by atoms with van der Waals surface area (Å²) in [5.41, 5.74) is 10.1. The van der Waals surface area contributed by atoms with Gasteiger partial charge in [0, 0.05) is 21.8 Å². The normalized spacial score (nSPS) is 12.3. The van der Waals surface area contributed by atoms with Crippen molar-refractivity contribution >= 4 is 87.8 Å². The second-order valence-electron chi connectivity index (χ2n) is 11.4. The Hall–Kier alpha value is -7.00. The van der Waals surface area contributed by atoms with Crippen LogP contribution in [0, 0.1) is 0 Å². The molecular formula is C34H24N6O12S2. The van der Waals surface area contributed by atoms with Gasteiger partial charge in [0.05, 0.1) is 22.2 Å². The van der Waals surface area contributed by atoms with Crippen LogP contribution in [0.4, 0.5) is 34.1 Å². The van der Waals surface area contributed by atoms with Gasteiger partial charge in [-0.1, -0.05) is 36.4 Å². The highest BCUT2D eigenvalue weighted by Crippen LogP contribution is 2.43. The second kappa shape index (κ2) is 13.5. The van der Waals surface area contributed by atoms with Crippen molar-refractivity contribution in [1.29, 1.82) is 0 Å². The molecule has 0 heterocycles. The maximum Gasteiger partial charge on any atom is 0.337 e. The van der Waals surface area contributed by atoms with Crippen LogP contribution in [-0.2, 0) is 20.2 Å². The molecule has 0 bridgehead atoms. The first kappa shape index (κ1) is 36.8. The van der Waals surface area contributed by atoms with Crippen molar-refractivity contribution < 1.29 is 56.0 Å². The molecule has 18 nitrogen and oxygen atoms in total. The standard InChI is InChI=1S/C34H24N6O12S2/c35-21-13-25(32(54(50,51)52)18-4-2-5-26(41)29(18)21)40-38-23-10-8-16(12-20(23)34(45)46)15-7-9-22(19(11-15)33(43)44)37-39-24-14-28(53(47,48)49)17-3-1-6-27(42)30(17)31(24)36/h1-14,41-42H,35-36H2,(H,43,44)(H,45,46)(H,47,48,49)(H,50,51,52). The van der Waals surface area contributed by atoms with Crippen LogP contribution < -0.4 is 11.5 Å². The predicted octanol–water partition coefficient (Wildman–Crippen LogP) is 6.96. The van der Waals surface area contributed by atoms with E-state index in [4.69, 9.17) is 11.5 Å². The highest BCUT2D eigenvalue weighted by molar-refractivity contribution is 7.86. The first-order valence-electron chi connectivity index (χ1n) is 15.0. The second-order valence-corrected chi connectivity index (χ2v) is 14.2. The van der Waals surface area contributed by atoms with Gasteiger partial charge in [-0.25, -0.2) is 9.59 Å². The minimum Gasteiger partial charge on any atom is -0.507 e. The fourth-order valence-electron chi connectivity index (χ4n) is 5.70. The maximum absolute atomic E-state index is 12.4. The zero-order chi connectivity index (χ0) is 39.3. The van der Waals surface area contributed by atoms with E-state index in [0.717, 1.165) is 24.3 Å². The molecule has 6 aromatic rings. The van der Waals surface area contributed by atoms with E-state index in [1.165, 1.54) is 60.7 Å². The molecule has 0 unspecified atom stereocenters. The Kier molecular flexibility index (Phi) is 9.21. The molecule has 0 aliphatic carbocycles. The molecule has 6 rings (SSSR count). The summed E-state index contributed by atoms with van der Waals surface area (Å²) < 4.78 is 68.7. The van der Waals surface area contributed by atoms with Gasteiger partial charge in [0.25, 0.3) is 20.2 Å². The average Bonchev–Trinajstić information content (AvgIpc) is 3.09. The molecule has 0 atom stereocenters. The Bertz CT molecular complexity index is 2900. The fraction of sp³-hybridized carbons (Fsp3) is 0. The summed E-state index contributed by atoms with van der Waals surface area (Å²) in [4.78, 5) is 23.2. The largest absolute Gasteiger partial charge is 0.507 e. The lowest BCUT2D eigenvalue weighted by Crippen LogP contribution is -2.02. The number of carboxylic acids is 2. The Morgan fingerprint density at radius 3 is 1.54 bits per heavy atom. The third kappa shape index (κ3) is 6.82. The smallest absolute Gasteiger partial charge is 0.337 e. The number of anilines is 2. The monoisotopic (exact) mass is 772 g/mol. The van der Waals surface area contributed by atoms with Crippen LogP contribution in [0.25, 0.3) is 32.7 Å². The van der Waals surface area contributed by atoms with Crippen LogP contribution >= 0.6 is 0 Å². The molecule has 10 N–H and O–H groups in total. The lowest BCUT2D eigenvalue weighted by Gasteiger charge is -2.11. The predicted molar refractivity (Wildman–Crippen MR) is 194 cm³/mol. The summed E-state index contributed by atoms with van der Waals surface area (Å²) in [6, 6.07) is 17.1. The van der Waals surface area contributed by atoms with Gasteiger partial charge in [0.15, 0.2) is 0 Å². The molecular weight excluding hydrogens is 749 g/mol. The molecule has 0 fully saturated rings. The molecule has 0 aromatic heterocycles. The average molecular weight is 773 g/mol. The Morgan fingerprint density at radius 1 is 0.556 bits per heavy atom. The third-order valence-electron chi connectivity index (χ3n) is 8.08. The number of carbonyl (C=O) groups is 2. The van der Waals surface area contributed by atoms with Gasteiger partial charge < -0.3 is 31.9 Å². The first-order valence-corrected chi connectivity index (χ1v) is 17.9. The first-order chi connectivity index (χ1) is 25.4. The molecule has 0 saturated heterocycles. The number of fused-ring (bicyclic) bond motifs is 2. The van der Waals surface area contributed by atoms with Crippen molar-refractivity contribution in [1.82, 2.24) is 0 Å². The molecule has 0 aliphatic rings. The summed E-state index contributed by atoms with van der Waals surface area (Å²) in [5, 5.41) is 55.7. The van der Waals surface area contributed by atoms with Gasteiger partial charge in [-0.3, -0.25) is 9.11 Å². The van der Waals surface area contributed by atoms with E-state index in [-0.39, 0.29) is 66.9 Å². The Labute approximate surface area is 303 Å². The molecule has 54 heavy (non-hydrogen) atoms. The van der Waals surface area contributed by atoms with Crippen LogP contribution in [0.2, 0.25) is 0 Å². The number of nitrogen functional groups attached to an aromatic ring is 2. The Balaban J connectivity index is 1.39. The van der Waals surface area contributed by atoms with Crippen molar-refractivity contribution in [2.45, 2.75) is 9.79 Å². The summed E-state index contributed by atoms with van der Waals surface area (Å²) in [5.74, 6) is -3.75. The lowest BCUT2D eigenvalue weighted by molar-refractivity contribution is 0.0686. The number of hydrogen-bond donors (Lipinski definition) is 8. The summed E-state index contributed by atoms with van der Waals surface area (Å²) in [7, 11) is -9.81. The van der Waals surface area contributed by atoms with Gasteiger partial charge in [-0.2, -0.15) is 16.8 Å². The summed E-state index contributed by atoms with van der Waals surface area (Å²) in [6.45, 7) is 0. The highest BCUT2D eigenvalue weighted by Gasteiger charge is 2.24.